The molecule has 1 heterocycles. The lowest BCUT2D eigenvalue weighted by Crippen LogP contribution is -2.38. The van der Waals surface area contributed by atoms with Gasteiger partial charge >= 0.3 is 0 Å². The second kappa shape index (κ2) is 8.25. The van der Waals surface area contributed by atoms with Crippen LogP contribution in [0.1, 0.15) is 30.9 Å². The molecule has 1 aliphatic heterocycles. The Hall–Kier alpha value is -1.46. The van der Waals surface area contributed by atoms with E-state index in [9.17, 15) is 9.18 Å². The van der Waals surface area contributed by atoms with Gasteiger partial charge in [-0.2, -0.15) is 0 Å². The third-order valence-corrected chi connectivity index (χ3v) is 4.11. The predicted octanol–water partition coefficient (Wildman–Crippen LogP) is 2.03. The van der Waals surface area contributed by atoms with Crippen LogP contribution >= 0.6 is 0 Å². The molecule has 1 saturated heterocycles. The summed E-state index contributed by atoms with van der Waals surface area (Å²) in [5.74, 6) is -0.482. The maximum Gasteiger partial charge on any atom is 0.242 e. The quantitative estimate of drug-likeness (QED) is 0.783. The van der Waals surface area contributed by atoms with Crippen LogP contribution in [0, 0.1) is 5.82 Å². The molecule has 0 bridgehead atoms. The summed E-state index contributed by atoms with van der Waals surface area (Å²) in [6.45, 7) is 3.99. The maximum atomic E-state index is 13.9. The standard InChI is InChI=1S/C17H26FN3O/c1-20(2)16(14-8-3-4-9-15(14)18)17(22)19-10-7-13-21-11-5-6-12-21/h3-4,8-9,16H,5-7,10-13H2,1-2H3,(H,19,22)/t16-/m1/s1. The average molecular weight is 307 g/mol. The molecule has 1 amide bonds. The van der Waals surface area contributed by atoms with Crippen molar-refractivity contribution >= 4 is 5.91 Å². The number of amides is 1. The van der Waals surface area contributed by atoms with E-state index in [2.05, 4.69) is 10.2 Å². The Morgan fingerprint density at radius 2 is 2.00 bits per heavy atom. The van der Waals surface area contributed by atoms with E-state index < -0.39 is 6.04 Å². The van der Waals surface area contributed by atoms with E-state index in [1.807, 2.05) is 0 Å². The van der Waals surface area contributed by atoms with E-state index in [4.69, 9.17) is 0 Å². The van der Waals surface area contributed by atoms with Gasteiger partial charge in [-0.05, 0) is 59.1 Å². The highest BCUT2D eigenvalue weighted by Gasteiger charge is 2.25. The van der Waals surface area contributed by atoms with Crippen molar-refractivity contribution < 1.29 is 9.18 Å². The molecule has 0 saturated carbocycles. The molecule has 1 aromatic carbocycles. The van der Waals surface area contributed by atoms with Crippen LogP contribution in [-0.2, 0) is 4.79 Å². The first-order chi connectivity index (χ1) is 10.6. The van der Waals surface area contributed by atoms with E-state index in [0.717, 1.165) is 13.0 Å². The van der Waals surface area contributed by atoms with Gasteiger partial charge in [-0.15, -0.1) is 0 Å². The summed E-state index contributed by atoms with van der Waals surface area (Å²) in [6.07, 6.45) is 3.49. The molecule has 1 atom stereocenters. The number of likely N-dealkylation sites (N-methyl/N-ethyl adjacent to an activating group) is 1. The van der Waals surface area contributed by atoms with Crippen molar-refractivity contribution in [2.75, 3.05) is 40.3 Å². The van der Waals surface area contributed by atoms with Crippen molar-refractivity contribution in [2.24, 2.45) is 0 Å². The zero-order valence-corrected chi connectivity index (χ0v) is 13.5. The maximum absolute atomic E-state index is 13.9. The van der Waals surface area contributed by atoms with Gasteiger partial charge in [-0.3, -0.25) is 9.69 Å². The number of benzene rings is 1. The molecule has 22 heavy (non-hydrogen) atoms. The third kappa shape index (κ3) is 4.52. The fraction of sp³-hybridized carbons (Fsp3) is 0.588. The third-order valence-electron chi connectivity index (χ3n) is 4.11. The van der Waals surface area contributed by atoms with Crippen molar-refractivity contribution in [3.8, 4) is 0 Å². The van der Waals surface area contributed by atoms with Crippen molar-refractivity contribution in [1.29, 1.82) is 0 Å². The van der Waals surface area contributed by atoms with Gasteiger partial charge in [-0.1, -0.05) is 18.2 Å². The van der Waals surface area contributed by atoms with Gasteiger partial charge in [0.2, 0.25) is 5.91 Å². The summed E-state index contributed by atoms with van der Waals surface area (Å²) in [5, 5.41) is 2.94. The summed E-state index contributed by atoms with van der Waals surface area (Å²) >= 11 is 0. The molecule has 0 aromatic heterocycles. The normalized spacial score (nSPS) is 16.9. The van der Waals surface area contributed by atoms with E-state index in [1.165, 1.54) is 32.0 Å². The van der Waals surface area contributed by atoms with E-state index in [1.54, 1.807) is 37.2 Å². The fourth-order valence-corrected chi connectivity index (χ4v) is 2.97. The van der Waals surface area contributed by atoms with Crippen LogP contribution in [0.2, 0.25) is 0 Å². The Kier molecular flexibility index (Phi) is 6.34. The van der Waals surface area contributed by atoms with Gasteiger partial charge in [0.25, 0.3) is 0 Å². The van der Waals surface area contributed by atoms with Gasteiger partial charge in [0.05, 0.1) is 0 Å². The highest BCUT2D eigenvalue weighted by Crippen LogP contribution is 2.21. The average Bonchev–Trinajstić information content (AvgIpc) is 2.99. The van der Waals surface area contributed by atoms with Gasteiger partial charge in [0, 0.05) is 12.1 Å². The van der Waals surface area contributed by atoms with Gasteiger partial charge < -0.3 is 10.2 Å². The first-order valence-electron chi connectivity index (χ1n) is 8.00. The second-order valence-electron chi connectivity index (χ2n) is 6.08. The van der Waals surface area contributed by atoms with Crippen LogP contribution in [0.3, 0.4) is 0 Å². The van der Waals surface area contributed by atoms with Gasteiger partial charge in [-0.25, -0.2) is 4.39 Å². The second-order valence-corrected chi connectivity index (χ2v) is 6.08. The first kappa shape index (κ1) is 16.9. The van der Waals surface area contributed by atoms with E-state index >= 15 is 0 Å². The molecule has 0 aliphatic carbocycles. The highest BCUT2D eigenvalue weighted by molar-refractivity contribution is 5.83. The summed E-state index contributed by atoms with van der Waals surface area (Å²) in [4.78, 5) is 16.6. The van der Waals surface area contributed by atoms with Crippen LogP contribution in [0.15, 0.2) is 24.3 Å². The number of nitrogens with one attached hydrogen (secondary N) is 1. The Morgan fingerprint density at radius 1 is 1.32 bits per heavy atom. The molecule has 1 aliphatic rings. The molecule has 0 spiro atoms. The lowest BCUT2D eigenvalue weighted by molar-refractivity contribution is -0.125. The topological polar surface area (TPSA) is 35.6 Å². The molecule has 4 nitrogen and oxygen atoms in total. The molecule has 1 aromatic rings. The Labute approximate surface area is 132 Å². The molecule has 5 heteroatoms. The number of hydrogen-bond donors (Lipinski definition) is 1. The van der Waals surface area contributed by atoms with Crippen LogP contribution < -0.4 is 5.32 Å². The molecule has 1 N–H and O–H groups in total. The fourth-order valence-electron chi connectivity index (χ4n) is 2.97. The van der Waals surface area contributed by atoms with Crippen molar-refractivity contribution in [2.45, 2.75) is 25.3 Å². The Morgan fingerprint density at radius 3 is 2.64 bits per heavy atom. The van der Waals surface area contributed by atoms with Gasteiger partial charge in [0.15, 0.2) is 0 Å². The summed E-state index contributed by atoms with van der Waals surface area (Å²) in [7, 11) is 3.59. The zero-order valence-electron chi connectivity index (χ0n) is 13.5. The predicted molar refractivity (Wildman–Crippen MR) is 86.1 cm³/mol. The monoisotopic (exact) mass is 307 g/mol. The number of carbonyl (C=O) groups excluding carboxylic acids is 1. The Balaban J connectivity index is 1.86. The minimum atomic E-state index is -0.590. The molecule has 0 unspecified atom stereocenters. The number of halogens is 1. The lowest BCUT2D eigenvalue weighted by atomic mass is 10.0. The zero-order chi connectivity index (χ0) is 15.9. The number of rotatable bonds is 7. The van der Waals surface area contributed by atoms with Gasteiger partial charge in [0.1, 0.15) is 11.9 Å². The number of nitrogens with zero attached hydrogens (tertiary/aromatic N) is 2. The largest absolute Gasteiger partial charge is 0.354 e. The minimum absolute atomic E-state index is 0.142. The van der Waals surface area contributed by atoms with E-state index in [0.29, 0.717) is 12.1 Å². The number of hydrogen-bond acceptors (Lipinski definition) is 3. The number of carbonyl (C=O) groups is 1. The smallest absolute Gasteiger partial charge is 0.242 e. The summed E-state index contributed by atoms with van der Waals surface area (Å²) < 4.78 is 13.9. The van der Waals surface area contributed by atoms with Crippen LogP contribution in [-0.4, -0.2) is 56.0 Å². The first-order valence-corrected chi connectivity index (χ1v) is 8.00. The molecular formula is C17H26FN3O. The van der Waals surface area contributed by atoms with Crippen LogP contribution in [0.25, 0.3) is 0 Å². The van der Waals surface area contributed by atoms with Crippen molar-refractivity contribution in [3.05, 3.63) is 35.6 Å². The van der Waals surface area contributed by atoms with Crippen molar-refractivity contribution in [3.63, 3.8) is 0 Å². The minimum Gasteiger partial charge on any atom is -0.354 e. The van der Waals surface area contributed by atoms with Crippen LogP contribution in [0.5, 0.6) is 0 Å². The molecule has 0 radical (unpaired) electrons. The molecule has 2 rings (SSSR count). The summed E-state index contributed by atoms with van der Waals surface area (Å²) in [5.41, 5.74) is 0.421. The molecular weight excluding hydrogens is 281 g/mol. The highest BCUT2D eigenvalue weighted by atomic mass is 19.1. The van der Waals surface area contributed by atoms with E-state index in [-0.39, 0.29) is 11.7 Å². The molecule has 122 valence electrons. The van der Waals surface area contributed by atoms with Crippen molar-refractivity contribution in [1.82, 2.24) is 15.1 Å². The SMILES string of the molecule is CN(C)[C@@H](C(=O)NCCCN1CCCC1)c1ccccc1F. The lowest BCUT2D eigenvalue weighted by Gasteiger charge is -2.24. The van der Waals surface area contributed by atoms with Crippen LogP contribution in [0.4, 0.5) is 4.39 Å². The molecule has 1 fully saturated rings. The summed E-state index contributed by atoms with van der Waals surface area (Å²) in [6, 6.07) is 5.87. The Bertz CT molecular complexity index is 487. The number of likely N-dealkylation sites (tertiary alicyclic amines) is 1.